The van der Waals surface area contributed by atoms with E-state index < -0.39 is 0 Å². The standard InChI is InChI=1S/C9H13ClN4O3/c1-16-8-4-6(10)12-9(14-8)13-7(15)5-17-3-2-11/h4H,2-3,5,11H2,1H3,(H,12,13,14,15). The maximum Gasteiger partial charge on any atom is 0.252 e. The van der Waals surface area contributed by atoms with Crippen LogP contribution in [0.25, 0.3) is 0 Å². The number of carbonyl (C=O) groups excluding carboxylic acids is 1. The molecule has 1 amide bonds. The molecule has 3 N–H and O–H groups in total. The molecule has 0 aromatic carbocycles. The Morgan fingerprint density at radius 2 is 2.35 bits per heavy atom. The van der Waals surface area contributed by atoms with Gasteiger partial charge in [0, 0.05) is 12.6 Å². The van der Waals surface area contributed by atoms with E-state index in [1.807, 2.05) is 0 Å². The summed E-state index contributed by atoms with van der Waals surface area (Å²) in [4.78, 5) is 19.1. The largest absolute Gasteiger partial charge is 0.481 e. The predicted molar refractivity (Wildman–Crippen MR) is 62.1 cm³/mol. The summed E-state index contributed by atoms with van der Waals surface area (Å²) in [6.45, 7) is 0.553. The molecule has 0 aliphatic carbocycles. The van der Waals surface area contributed by atoms with Crippen LogP contribution in [0.1, 0.15) is 0 Å². The van der Waals surface area contributed by atoms with Crippen molar-refractivity contribution in [1.82, 2.24) is 9.97 Å². The van der Waals surface area contributed by atoms with Crippen molar-refractivity contribution >= 4 is 23.5 Å². The second-order valence-electron chi connectivity index (χ2n) is 2.95. The Hall–Kier alpha value is -1.44. The van der Waals surface area contributed by atoms with E-state index >= 15 is 0 Å². The summed E-state index contributed by atoms with van der Waals surface area (Å²) < 4.78 is 9.83. The second-order valence-corrected chi connectivity index (χ2v) is 3.33. The van der Waals surface area contributed by atoms with E-state index in [9.17, 15) is 4.79 Å². The van der Waals surface area contributed by atoms with Crippen molar-refractivity contribution in [2.24, 2.45) is 5.73 Å². The fourth-order valence-electron chi connectivity index (χ4n) is 0.966. The molecule has 17 heavy (non-hydrogen) atoms. The summed E-state index contributed by atoms with van der Waals surface area (Å²) in [7, 11) is 1.44. The number of ether oxygens (including phenoxy) is 2. The SMILES string of the molecule is COc1cc(Cl)nc(NC(=O)COCCN)n1. The summed E-state index contributed by atoms with van der Waals surface area (Å²) in [5, 5.41) is 2.60. The second kappa shape index (κ2) is 7.00. The molecule has 0 unspecified atom stereocenters. The fraction of sp³-hybridized carbons (Fsp3) is 0.444. The minimum atomic E-state index is -0.386. The highest BCUT2D eigenvalue weighted by molar-refractivity contribution is 6.29. The van der Waals surface area contributed by atoms with Crippen molar-refractivity contribution in [2.45, 2.75) is 0 Å². The monoisotopic (exact) mass is 260 g/mol. The molecule has 1 heterocycles. The average Bonchev–Trinajstić information content (AvgIpc) is 2.28. The van der Waals surface area contributed by atoms with E-state index in [4.69, 9.17) is 26.8 Å². The number of nitrogens with zero attached hydrogens (tertiary/aromatic N) is 2. The third-order valence-electron chi connectivity index (χ3n) is 1.63. The lowest BCUT2D eigenvalue weighted by Gasteiger charge is -2.06. The minimum Gasteiger partial charge on any atom is -0.481 e. The van der Waals surface area contributed by atoms with Crippen molar-refractivity contribution in [3.63, 3.8) is 0 Å². The van der Waals surface area contributed by atoms with Gasteiger partial charge in [0.25, 0.3) is 5.91 Å². The van der Waals surface area contributed by atoms with Gasteiger partial charge in [0.05, 0.1) is 13.7 Å². The molecule has 0 atom stereocenters. The molecule has 0 saturated heterocycles. The van der Waals surface area contributed by atoms with Crippen LogP contribution in [0.3, 0.4) is 0 Å². The first-order valence-electron chi connectivity index (χ1n) is 4.82. The number of carbonyl (C=O) groups is 1. The van der Waals surface area contributed by atoms with Crippen molar-refractivity contribution in [2.75, 3.05) is 32.2 Å². The first kappa shape index (κ1) is 13.6. The zero-order valence-corrected chi connectivity index (χ0v) is 10.0. The molecule has 1 rings (SSSR count). The highest BCUT2D eigenvalue weighted by Gasteiger charge is 2.07. The van der Waals surface area contributed by atoms with Crippen LogP contribution in [0.5, 0.6) is 5.88 Å². The van der Waals surface area contributed by atoms with E-state index in [1.54, 1.807) is 0 Å². The van der Waals surface area contributed by atoms with Gasteiger partial charge in [-0.2, -0.15) is 4.98 Å². The van der Waals surface area contributed by atoms with Crippen molar-refractivity contribution in [3.8, 4) is 5.88 Å². The first-order chi connectivity index (χ1) is 8.15. The third kappa shape index (κ3) is 4.94. The Bertz CT molecular complexity index is 389. The molecule has 0 bridgehead atoms. The Balaban J connectivity index is 2.55. The molecule has 94 valence electrons. The lowest BCUT2D eigenvalue weighted by Crippen LogP contribution is -2.21. The van der Waals surface area contributed by atoms with Crippen molar-refractivity contribution in [1.29, 1.82) is 0 Å². The quantitative estimate of drug-likeness (QED) is 0.554. The average molecular weight is 261 g/mol. The lowest BCUT2D eigenvalue weighted by atomic mass is 10.6. The number of anilines is 1. The van der Waals surface area contributed by atoms with E-state index in [0.29, 0.717) is 13.2 Å². The van der Waals surface area contributed by atoms with Crippen LogP contribution in [0.2, 0.25) is 5.15 Å². The summed E-state index contributed by atoms with van der Waals surface area (Å²) in [6, 6.07) is 1.43. The molecular weight excluding hydrogens is 248 g/mol. The van der Waals surface area contributed by atoms with Gasteiger partial charge >= 0.3 is 0 Å². The zero-order valence-electron chi connectivity index (χ0n) is 9.27. The van der Waals surface area contributed by atoms with Crippen LogP contribution in [0, 0.1) is 0 Å². The van der Waals surface area contributed by atoms with Gasteiger partial charge in [-0.15, -0.1) is 0 Å². The summed E-state index contributed by atoms with van der Waals surface area (Å²) in [6.07, 6.45) is 0. The number of nitrogens with one attached hydrogen (secondary N) is 1. The molecule has 0 fully saturated rings. The zero-order chi connectivity index (χ0) is 12.7. The van der Waals surface area contributed by atoms with Crippen LogP contribution in [-0.4, -0.2) is 42.7 Å². The highest BCUT2D eigenvalue weighted by Crippen LogP contribution is 2.15. The Morgan fingerprint density at radius 3 is 3.00 bits per heavy atom. The van der Waals surface area contributed by atoms with Gasteiger partial charge in [-0.1, -0.05) is 11.6 Å². The van der Waals surface area contributed by atoms with E-state index in [2.05, 4.69) is 15.3 Å². The number of rotatable bonds is 6. The fourth-order valence-corrected chi connectivity index (χ4v) is 1.14. The highest BCUT2D eigenvalue weighted by atomic mass is 35.5. The van der Waals surface area contributed by atoms with E-state index in [0.717, 1.165) is 0 Å². The molecule has 1 aromatic heterocycles. The van der Waals surface area contributed by atoms with Crippen molar-refractivity contribution in [3.05, 3.63) is 11.2 Å². The van der Waals surface area contributed by atoms with Crippen LogP contribution in [0.15, 0.2) is 6.07 Å². The van der Waals surface area contributed by atoms with Gasteiger partial charge in [0.2, 0.25) is 11.8 Å². The summed E-state index contributed by atoms with van der Waals surface area (Å²) >= 11 is 5.71. The molecule has 0 aliphatic rings. The smallest absolute Gasteiger partial charge is 0.252 e. The number of halogens is 1. The van der Waals surface area contributed by atoms with Gasteiger partial charge in [-0.05, 0) is 0 Å². The van der Waals surface area contributed by atoms with Crippen LogP contribution in [0.4, 0.5) is 5.95 Å². The van der Waals surface area contributed by atoms with Crippen LogP contribution < -0.4 is 15.8 Å². The molecule has 8 heteroatoms. The van der Waals surface area contributed by atoms with Gasteiger partial charge in [-0.3, -0.25) is 10.1 Å². The van der Waals surface area contributed by atoms with Crippen molar-refractivity contribution < 1.29 is 14.3 Å². The molecular formula is C9H13ClN4O3. The third-order valence-corrected chi connectivity index (χ3v) is 1.82. The topological polar surface area (TPSA) is 99.4 Å². The van der Waals surface area contributed by atoms with Crippen LogP contribution in [-0.2, 0) is 9.53 Å². The maximum absolute atomic E-state index is 11.4. The number of methoxy groups -OCH3 is 1. The van der Waals surface area contributed by atoms with Gasteiger partial charge < -0.3 is 15.2 Å². The molecule has 7 nitrogen and oxygen atoms in total. The summed E-state index contributed by atoms with van der Waals surface area (Å²) in [5.41, 5.74) is 5.21. The van der Waals surface area contributed by atoms with Crippen LogP contribution >= 0.6 is 11.6 Å². The number of hydrogen-bond acceptors (Lipinski definition) is 6. The summed E-state index contributed by atoms with van der Waals surface area (Å²) in [5.74, 6) is -0.0540. The molecule has 0 spiro atoms. The van der Waals surface area contributed by atoms with Gasteiger partial charge in [0.15, 0.2) is 0 Å². The first-order valence-corrected chi connectivity index (χ1v) is 5.19. The predicted octanol–water partition coefficient (Wildman–Crippen LogP) is 0.0524. The molecule has 1 aromatic rings. The Labute approximate surface area is 103 Å². The molecule has 0 aliphatic heterocycles. The van der Waals surface area contributed by atoms with E-state index in [1.165, 1.54) is 13.2 Å². The molecule has 0 radical (unpaired) electrons. The maximum atomic E-state index is 11.4. The lowest BCUT2D eigenvalue weighted by molar-refractivity contribution is -0.120. The van der Waals surface area contributed by atoms with Gasteiger partial charge in [0.1, 0.15) is 11.8 Å². The minimum absolute atomic E-state index is 0.0655. The van der Waals surface area contributed by atoms with E-state index in [-0.39, 0.29) is 29.5 Å². The van der Waals surface area contributed by atoms with Gasteiger partial charge in [-0.25, -0.2) is 4.98 Å². The number of amides is 1. The number of hydrogen-bond donors (Lipinski definition) is 2. The number of aromatic nitrogens is 2. The Kier molecular flexibility index (Phi) is 5.61. The Morgan fingerprint density at radius 1 is 1.59 bits per heavy atom. The number of nitrogens with two attached hydrogens (primary N) is 1. The normalized spacial score (nSPS) is 10.1. The molecule has 0 saturated carbocycles.